The molecular weight excluding hydrogens is 454 g/mol. The number of aromatic nitrogens is 1. The van der Waals surface area contributed by atoms with Gasteiger partial charge in [-0.3, -0.25) is 0 Å². The number of rotatable bonds is 9. The molecule has 35 heavy (non-hydrogen) atoms. The molecule has 0 atom stereocenters. The van der Waals surface area contributed by atoms with Gasteiger partial charge in [0.15, 0.2) is 0 Å². The Morgan fingerprint density at radius 1 is 1.03 bits per heavy atom. The van der Waals surface area contributed by atoms with Gasteiger partial charge >= 0.3 is 5.97 Å². The van der Waals surface area contributed by atoms with Crippen LogP contribution in [-0.4, -0.2) is 16.1 Å². The van der Waals surface area contributed by atoms with Gasteiger partial charge in [-0.05, 0) is 57.5 Å². The summed E-state index contributed by atoms with van der Waals surface area (Å²) in [7, 11) is 0. The van der Waals surface area contributed by atoms with Crippen LogP contribution >= 0.6 is 11.3 Å². The molecule has 0 spiro atoms. The summed E-state index contributed by atoms with van der Waals surface area (Å²) in [5.74, 6) is -0.972. The van der Waals surface area contributed by atoms with Crippen LogP contribution in [0.1, 0.15) is 41.2 Å². The lowest BCUT2D eigenvalue weighted by molar-refractivity contribution is -0.131. The normalized spacial score (nSPS) is 11.9. The minimum absolute atomic E-state index is 0.337. The fraction of sp³-hybridized carbons (Fsp3) is 0.103. The number of carboxylic acid groups (broad SMARTS) is 1. The molecule has 4 aromatic rings. The maximum Gasteiger partial charge on any atom is 0.328 e. The number of nitrogens with one attached hydrogen (secondary N) is 1. The molecule has 174 valence electrons. The van der Waals surface area contributed by atoms with Crippen LogP contribution in [-0.2, 0) is 11.3 Å². The number of aliphatic carboxylic acids is 1. The Bertz CT molecular complexity index is 1370. The number of nitrogens with zero attached hydrogens (tertiary/aromatic N) is 2. The van der Waals surface area contributed by atoms with Crippen LogP contribution in [0.2, 0.25) is 0 Å². The smallest absolute Gasteiger partial charge is 0.328 e. The topological polar surface area (TPSA) is 86.4 Å². The predicted molar refractivity (Wildman–Crippen MR) is 142 cm³/mol. The van der Waals surface area contributed by atoms with Crippen molar-refractivity contribution in [3.63, 3.8) is 0 Å². The highest BCUT2D eigenvalue weighted by atomic mass is 32.1. The largest absolute Gasteiger partial charge is 0.478 e. The number of carbonyl (C=O) groups is 1. The van der Waals surface area contributed by atoms with Crippen molar-refractivity contribution >= 4 is 34.5 Å². The van der Waals surface area contributed by atoms with Gasteiger partial charge in [-0.25, -0.2) is 15.3 Å². The summed E-state index contributed by atoms with van der Waals surface area (Å²) in [6.45, 7) is 2.49. The second-order valence-electron chi connectivity index (χ2n) is 7.93. The maximum absolute atomic E-state index is 10.9. The van der Waals surface area contributed by atoms with E-state index in [2.05, 4.69) is 53.4 Å². The minimum atomic E-state index is -0.972. The van der Waals surface area contributed by atoms with Gasteiger partial charge in [0.05, 0.1) is 6.54 Å². The number of hydrogen-bond acceptors (Lipinski definition) is 5. The first-order chi connectivity index (χ1) is 17.1. The van der Waals surface area contributed by atoms with Crippen LogP contribution in [0, 0.1) is 5.53 Å². The Labute approximate surface area is 208 Å². The van der Waals surface area contributed by atoms with Crippen molar-refractivity contribution in [3.8, 4) is 10.6 Å². The zero-order valence-electron chi connectivity index (χ0n) is 19.3. The van der Waals surface area contributed by atoms with E-state index in [9.17, 15) is 4.79 Å². The van der Waals surface area contributed by atoms with Crippen LogP contribution in [0.15, 0.2) is 95.6 Å². The van der Waals surface area contributed by atoms with Crippen molar-refractivity contribution < 1.29 is 9.90 Å². The number of thiazole rings is 1. The van der Waals surface area contributed by atoms with E-state index in [1.807, 2.05) is 48.0 Å². The van der Waals surface area contributed by atoms with Crippen molar-refractivity contribution in [3.05, 3.63) is 118 Å². The van der Waals surface area contributed by atoms with E-state index in [0.29, 0.717) is 6.54 Å². The highest BCUT2D eigenvalue weighted by Crippen LogP contribution is 2.36. The van der Waals surface area contributed by atoms with Crippen molar-refractivity contribution in [1.29, 1.82) is 5.53 Å². The minimum Gasteiger partial charge on any atom is -0.478 e. The second kappa shape index (κ2) is 11.3. The van der Waals surface area contributed by atoms with Gasteiger partial charge in [0.25, 0.3) is 0 Å². The maximum atomic E-state index is 10.9. The third-order valence-corrected chi connectivity index (χ3v) is 6.49. The van der Waals surface area contributed by atoms with Gasteiger partial charge in [0, 0.05) is 23.2 Å². The van der Waals surface area contributed by atoms with Gasteiger partial charge < -0.3 is 5.11 Å². The summed E-state index contributed by atoms with van der Waals surface area (Å²) in [6, 6.07) is 24.6. The lowest BCUT2D eigenvalue weighted by Crippen LogP contribution is -1.96. The molecule has 2 N–H and O–H groups in total. The highest BCUT2D eigenvalue weighted by Gasteiger charge is 2.14. The quantitative estimate of drug-likeness (QED) is 0.146. The lowest BCUT2D eigenvalue weighted by Gasteiger charge is -2.17. The molecule has 0 fully saturated rings. The van der Waals surface area contributed by atoms with E-state index in [0.717, 1.165) is 56.5 Å². The van der Waals surface area contributed by atoms with E-state index >= 15 is 0 Å². The van der Waals surface area contributed by atoms with E-state index in [1.165, 1.54) is 5.57 Å². The van der Waals surface area contributed by atoms with E-state index in [1.54, 1.807) is 17.4 Å². The molecule has 0 aliphatic carbocycles. The van der Waals surface area contributed by atoms with E-state index in [4.69, 9.17) is 10.6 Å². The Balaban J connectivity index is 1.84. The van der Waals surface area contributed by atoms with E-state index in [-0.39, 0.29) is 0 Å². The van der Waals surface area contributed by atoms with Crippen molar-refractivity contribution in [1.82, 2.24) is 4.98 Å². The molecule has 1 heterocycles. The lowest BCUT2D eigenvalue weighted by atomic mass is 9.87. The molecule has 0 unspecified atom stereocenters. The average Bonchev–Trinajstić information content (AvgIpc) is 3.42. The zero-order chi connectivity index (χ0) is 24.6. The molecule has 0 bridgehead atoms. The van der Waals surface area contributed by atoms with Gasteiger partial charge in [-0.1, -0.05) is 73.7 Å². The monoisotopic (exact) mass is 479 g/mol. The molecule has 0 amide bonds. The van der Waals surface area contributed by atoms with E-state index < -0.39 is 5.97 Å². The standard InChI is InChI=1S/C29H25N3O2S/c1-2-26(22-11-13-24(14-12-22)29-31-16-17-35-29)28(25-5-3-4-21(18-25)19-32-30)23-9-6-20(7-10-23)8-15-27(33)34/h3-18,30H,2,19H2,1H3,(H,33,34)/b15-8+,28-26+,32-30?. The van der Waals surface area contributed by atoms with Gasteiger partial charge in [-0.2, -0.15) is 5.11 Å². The van der Waals surface area contributed by atoms with Crippen LogP contribution in [0.25, 0.3) is 27.8 Å². The number of carboxylic acids is 1. The SMILES string of the molecule is CC/C(=C(/c1ccc(/C=C/C(=O)O)cc1)c1cccc(CN=N)c1)c1ccc(-c2nccs2)cc1. The van der Waals surface area contributed by atoms with Crippen molar-refractivity contribution in [2.75, 3.05) is 0 Å². The summed E-state index contributed by atoms with van der Waals surface area (Å²) in [5, 5.41) is 15.5. The summed E-state index contributed by atoms with van der Waals surface area (Å²) in [6.07, 6.45) is 5.36. The Hall–Kier alpha value is -4.16. The van der Waals surface area contributed by atoms with Crippen molar-refractivity contribution in [2.24, 2.45) is 5.11 Å². The van der Waals surface area contributed by atoms with Gasteiger partial charge in [0.2, 0.25) is 0 Å². The van der Waals surface area contributed by atoms with Gasteiger partial charge in [0.1, 0.15) is 5.01 Å². The Morgan fingerprint density at radius 2 is 1.77 bits per heavy atom. The first-order valence-electron chi connectivity index (χ1n) is 11.3. The molecule has 6 heteroatoms. The first-order valence-corrected chi connectivity index (χ1v) is 12.1. The molecule has 4 rings (SSSR count). The van der Waals surface area contributed by atoms with Gasteiger partial charge in [-0.15, -0.1) is 11.3 Å². The zero-order valence-corrected chi connectivity index (χ0v) is 20.1. The Kier molecular flexibility index (Phi) is 7.75. The highest BCUT2D eigenvalue weighted by molar-refractivity contribution is 7.13. The number of allylic oxidation sites excluding steroid dienone is 1. The van der Waals surface area contributed by atoms with Crippen LogP contribution in [0.3, 0.4) is 0 Å². The molecule has 3 aromatic carbocycles. The van der Waals surface area contributed by atoms with Crippen LogP contribution in [0.4, 0.5) is 0 Å². The molecule has 0 aliphatic rings. The number of benzene rings is 3. The fourth-order valence-electron chi connectivity index (χ4n) is 4.07. The average molecular weight is 480 g/mol. The summed E-state index contributed by atoms with van der Waals surface area (Å²) in [4.78, 5) is 15.3. The molecule has 0 saturated heterocycles. The fourth-order valence-corrected chi connectivity index (χ4v) is 4.71. The predicted octanol–water partition coefficient (Wildman–Crippen LogP) is 7.81. The molecular formula is C29H25N3O2S. The van der Waals surface area contributed by atoms with Crippen molar-refractivity contribution in [2.45, 2.75) is 19.9 Å². The molecule has 5 nitrogen and oxygen atoms in total. The van der Waals surface area contributed by atoms with Crippen LogP contribution < -0.4 is 0 Å². The molecule has 1 aromatic heterocycles. The second-order valence-corrected chi connectivity index (χ2v) is 8.83. The summed E-state index contributed by atoms with van der Waals surface area (Å²) in [5.41, 5.74) is 15.7. The Morgan fingerprint density at radius 3 is 2.40 bits per heavy atom. The molecule has 0 aliphatic heterocycles. The summed E-state index contributed by atoms with van der Waals surface area (Å²) < 4.78 is 0. The molecule has 0 saturated carbocycles. The van der Waals surface area contributed by atoms with Crippen LogP contribution in [0.5, 0.6) is 0 Å². The third-order valence-electron chi connectivity index (χ3n) is 5.66. The number of hydrogen-bond donors (Lipinski definition) is 2. The first kappa shape index (κ1) is 24.0. The molecule has 0 radical (unpaired) electrons. The third kappa shape index (κ3) is 5.86. The summed E-state index contributed by atoms with van der Waals surface area (Å²) >= 11 is 1.62.